The molecule has 1 aromatic carbocycles. The van der Waals surface area contributed by atoms with Crippen LogP contribution in [-0.2, 0) is 13.5 Å². The van der Waals surface area contributed by atoms with Crippen LogP contribution in [0.1, 0.15) is 28.2 Å². The van der Waals surface area contributed by atoms with Gasteiger partial charge >= 0.3 is 0 Å². The summed E-state index contributed by atoms with van der Waals surface area (Å²) < 4.78 is 7.20. The van der Waals surface area contributed by atoms with Gasteiger partial charge in [0.1, 0.15) is 11.6 Å². The molecule has 0 saturated carbocycles. The molecule has 0 aliphatic rings. The van der Waals surface area contributed by atoms with Crippen molar-refractivity contribution < 1.29 is 9.53 Å². The van der Waals surface area contributed by atoms with E-state index in [4.69, 9.17) is 4.74 Å². The third kappa shape index (κ3) is 3.02. The first kappa shape index (κ1) is 13.3. The Balaban J connectivity index is 2.10. The average molecular weight is 258 g/mol. The Labute approximate surface area is 113 Å². The molecule has 100 valence electrons. The van der Waals surface area contributed by atoms with Crippen molar-refractivity contribution in [2.45, 2.75) is 19.8 Å². The summed E-state index contributed by atoms with van der Waals surface area (Å²) in [7, 11) is 3.52. The second kappa shape index (κ2) is 5.69. The van der Waals surface area contributed by atoms with Gasteiger partial charge in [-0.05, 0) is 24.6 Å². The van der Waals surface area contributed by atoms with E-state index in [-0.39, 0.29) is 5.78 Å². The van der Waals surface area contributed by atoms with Crippen LogP contribution in [0, 0.1) is 6.92 Å². The molecule has 0 aliphatic carbocycles. The maximum atomic E-state index is 12.2. The predicted octanol–water partition coefficient (Wildman–Crippen LogP) is 2.55. The minimum atomic E-state index is 0.0832. The van der Waals surface area contributed by atoms with E-state index < -0.39 is 0 Å². The van der Waals surface area contributed by atoms with Crippen molar-refractivity contribution in [2.24, 2.45) is 7.05 Å². The molecular formula is C15H18N2O2. The fourth-order valence-electron chi connectivity index (χ4n) is 2.03. The number of ether oxygens (including phenoxy) is 1. The summed E-state index contributed by atoms with van der Waals surface area (Å²) in [5.74, 6) is 1.64. The maximum absolute atomic E-state index is 12.2. The SMILES string of the molecule is COc1cc(C)ccc1C(=O)CCc1nccn1C. The predicted molar refractivity (Wildman–Crippen MR) is 73.6 cm³/mol. The molecule has 0 N–H and O–H groups in total. The minimum absolute atomic E-state index is 0.0832. The number of hydrogen-bond acceptors (Lipinski definition) is 3. The molecule has 4 heteroatoms. The Morgan fingerprint density at radius 3 is 2.84 bits per heavy atom. The zero-order valence-corrected chi connectivity index (χ0v) is 11.5. The number of aryl methyl sites for hydroxylation is 3. The molecular weight excluding hydrogens is 240 g/mol. The number of aromatic nitrogens is 2. The van der Waals surface area contributed by atoms with E-state index in [1.165, 1.54) is 0 Å². The van der Waals surface area contributed by atoms with Gasteiger partial charge in [-0.15, -0.1) is 0 Å². The van der Waals surface area contributed by atoms with E-state index in [0.29, 0.717) is 24.2 Å². The number of Topliss-reactive ketones (excluding diaryl/α,β-unsaturated/α-hetero) is 1. The van der Waals surface area contributed by atoms with Crippen LogP contribution in [0.4, 0.5) is 0 Å². The summed E-state index contributed by atoms with van der Waals surface area (Å²) >= 11 is 0. The van der Waals surface area contributed by atoms with Crippen molar-refractivity contribution in [2.75, 3.05) is 7.11 Å². The lowest BCUT2D eigenvalue weighted by Crippen LogP contribution is -2.06. The summed E-state index contributed by atoms with van der Waals surface area (Å²) in [6, 6.07) is 5.64. The third-order valence-electron chi connectivity index (χ3n) is 3.15. The molecule has 0 unspecified atom stereocenters. The Morgan fingerprint density at radius 1 is 1.42 bits per heavy atom. The second-order valence-corrected chi connectivity index (χ2v) is 4.58. The molecule has 0 saturated heterocycles. The molecule has 0 radical (unpaired) electrons. The number of carbonyl (C=O) groups is 1. The molecule has 1 heterocycles. The number of carbonyl (C=O) groups excluding carboxylic acids is 1. The average Bonchev–Trinajstić information content (AvgIpc) is 2.81. The van der Waals surface area contributed by atoms with Crippen LogP contribution in [0.15, 0.2) is 30.6 Å². The van der Waals surface area contributed by atoms with Gasteiger partial charge in [0.05, 0.1) is 12.7 Å². The van der Waals surface area contributed by atoms with Gasteiger partial charge < -0.3 is 9.30 Å². The van der Waals surface area contributed by atoms with Crippen molar-refractivity contribution >= 4 is 5.78 Å². The lowest BCUT2D eigenvalue weighted by atomic mass is 10.0. The van der Waals surface area contributed by atoms with E-state index in [0.717, 1.165) is 11.4 Å². The Hall–Kier alpha value is -2.10. The van der Waals surface area contributed by atoms with E-state index >= 15 is 0 Å². The van der Waals surface area contributed by atoms with Crippen LogP contribution in [-0.4, -0.2) is 22.4 Å². The molecule has 0 amide bonds. The maximum Gasteiger partial charge on any atom is 0.167 e. The molecule has 2 rings (SSSR count). The van der Waals surface area contributed by atoms with E-state index in [1.54, 1.807) is 13.3 Å². The highest BCUT2D eigenvalue weighted by Gasteiger charge is 2.13. The van der Waals surface area contributed by atoms with Crippen molar-refractivity contribution in [1.29, 1.82) is 0 Å². The number of imidazole rings is 1. The van der Waals surface area contributed by atoms with E-state index in [1.807, 2.05) is 42.9 Å². The van der Waals surface area contributed by atoms with Gasteiger partial charge in [0.25, 0.3) is 0 Å². The van der Waals surface area contributed by atoms with Gasteiger partial charge in [-0.1, -0.05) is 6.07 Å². The number of methoxy groups -OCH3 is 1. The molecule has 0 fully saturated rings. The smallest absolute Gasteiger partial charge is 0.167 e. The summed E-state index contributed by atoms with van der Waals surface area (Å²) in [5, 5.41) is 0. The molecule has 0 bridgehead atoms. The summed E-state index contributed by atoms with van der Waals surface area (Å²) in [4.78, 5) is 16.4. The first-order valence-electron chi connectivity index (χ1n) is 6.26. The second-order valence-electron chi connectivity index (χ2n) is 4.58. The first-order chi connectivity index (χ1) is 9.11. The topological polar surface area (TPSA) is 44.1 Å². The summed E-state index contributed by atoms with van der Waals surface area (Å²) in [5.41, 5.74) is 1.72. The first-order valence-corrected chi connectivity index (χ1v) is 6.26. The van der Waals surface area contributed by atoms with Crippen LogP contribution in [0.5, 0.6) is 5.75 Å². The Bertz CT molecular complexity index is 588. The number of hydrogen-bond donors (Lipinski definition) is 0. The zero-order chi connectivity index (χ0) is 13.8. The summed E-state index contributed by atoms with van der Waals surface area (Å²) in [6.07, 6.45) is 4.70. The largest absolute Gasteiger partial charge is 0.496 e. The van der Waals surface area contributed by atoms with Crippen LogP contribution >= 0.6 is 0 Å². The van der Waals surface area contributed by atoms with Crippen molar-refractivity contribution in [3.05, 3.63) is 47.5 Å². The van der Waals surface area contributed by atoms with Gasteiger partial charge in [0, 0.05) is 32.3 Å². The van der Waals surface area contributed by atoms with Crippen molar-refractivity contribution in [3.63, 3.8) is 0 Å². The van der Waals surface area contributed by atoms with Gasteiger partial charge in [-0.25, -0.2) is 4.98 Å². The van der Waals surface area contributed by atoms with Gasteiger partial charge in [0.15, 0.2) is 5.78 Å². The lowest BCUT2D eigenvalue weighted by Gasteiger charge is -2.08. The number of nitrogens with zero attached hydrogens (tertiary/aromatic N) is 2. The zero-order valence-electron chi connectivity index (χ0n) is 11.5. The van der Waals surface area contributed by atoms with Crippen LogP contribution < -0.4 is 4.74 Å². The fraction of sp³-hybridized carbons (Fsp3) is 0.333. The van der Waals surface area contributed by atoms with E-state index in [2.05, 4.69) is 4.98 Å². The summed E-state index contributed by atoms with van der Waals surface area (Å²) in [6.45, 7) is 1.98. The fourth-order valence-corrected chi connectivity index (χ4v) is 2.03. The van der Waals surface area contributed by atoms with Crippen LogP contribution in [0.2, 0.25) is 0 Å². The molecule has 4 nitrogen and oxygen atoms in total. The molecule has 0 atom stereocenters. The molecule has 0 aliphatic heterocycles. The van der Waals surface area contributed by atoms with Crippen molar-refractivity contribution in [3.8, 4) is 5.75 Å². The van der Waals surface area contributed by atoms with Gasteiger partial charge in [-0.3, -0.25) is 4.79 Å². The molecule has 0 spiro atoms. The minimum Gasteiger partial charge on any atom is -0.496 e. The van der Waals surface area contributed by atoms with Gasteiger partial charge in [0.2, 0.25) is 0 Å². The molecule has 2 aromatic rings. The van der Waals surface area contributed by atoms with E-state index in [9.17, 15) is 4.79 Å². The molecule has 19 heavy (non-hydrogen) atoms. The van der Waals surface area contributed by atoms with Crippen LogP contribution in [0.3, 0.4) is 0 Å². The highest BCUT2D eigenvalue weighted by molar-refractivity contribution is 5.98. The highest BCUT2D eigenvalue weighted by atomic mass is 16.5. The third-order valence-corrected chi connectivity index (χ3v) is 3.15. The number of benzene rings is 1. The molecule has 1 aromatic heterocycles. The standard InChI is InChI=1S/C15H18N2O2/c1-11-4-5-12(14(10-11)19-3)13(18)6-7-15-16-8-9-17(15)2/h4-5,8-10H,6-7H2,1-3H3. The quantitative estimate of drug-likeness (QED) is 0.774. The Morgan fingerprint density at radius 2 is 2.21 bits per heavy atom. The number of ketones is 1. The Kier molecular flexibility index (Phi) is 4.00. The normalized spacial score (nSPS) is 10.5. The highest BCUT2D eigenvalue weighted by Crippen LogP contribution is 2.21. The van der Waals surface area contributed by atoms with Gasteiger partial charge in [-0.2, -0.15) is 0 Å². The van der Waals surface area contributed by atoms with Crippen LogP contribution in [0.25, 0.3) is 0 Å². The lowest BCUT2D eigenvalue weighted by molar-refractivity contribution is 0.0979. The van der Waals surface area contributed by atoms with Crippen molar-refractivity contribution in [1.82, 2.24) is 9.55 Å². The monoisotopic (exact) mass is 258 g/mol. The number of rotatable bonds is 5.